The van der Waals surface area contributed by atoms with Crippen molar-refractivity contribution in [3.8, 4) is 0 Å². The number of rotatable bonds is 4. The second-order valence-corrected chi connectivity index (χ2v) is 5.27. The lowest BCUT2D eigenvalue weighted by Gasteiger charge is -2.32. The Morgan fingerprint density at radius 3 is 2.19 bits per heavy atom. The topological polar surface area (TPSA) is 69.7 Å². The SMILES string of the molecule is CC1(C)OC(=O)C(C(=O)CCc2ccc(F)cc2)C(=O)O1. The summed E-state index contributed by atoms with van der Waals surface area (Å²) in [4.78, 5) is 35.4. The Balaban J connectivity index is 1.98. The van der Waals surface area contributed by atoms with Crippen LogP contribution < -0.4 is 0 Å². The third-order valence-corrected chi connectivity index (χ3v) is 3.06. The average molecular weight is 294 g/mol. The van der Waals surface area contributed by atoms with Gasteiger partial charge in [0.2, 0.25) is 5.92 Å². The minimum absolute atomic E-state index is 0.0269. The Morgan fingerprint density at radius 1 is 1.14 bits per heavy atom. The predicted molar refractivity (Wildman–Crippen MR) is 69.5 cm³/mol. The lowest BCUT2D eigenvalue weighted by atomic mass is 9.97. The van der Waals surface area contributed by atoms with Crippen molar-refractivity contribution in [2.75, 3.05) is 0 Å². The van der Waals surface area contributed by atoms with Crippen molar-refractivity contribution in [1.29, 1.82) is 0 Å². The third-order valence-electron chi connectivity index (χ3n) is 3.06. The number of Topliss-reactive ketones (excluding diaryl/α,β-unsaturated/α-hetero) is 1. The second kappa shape index (κ2) is 5.63. The Kier molecular flexibility index (Phi) is 4.06. The maximum absolute atomic E-state index is 12.8. The Morgan fingerprint density at radius 2 is 1.67 bits per heavy atom. The zero-order chi connectivity index (χ0) is 15.6. The molecule has 1 aliphatic heterocycles. The molecule has 1 fully saturated rings. The molecule has 0 bridgehead atoms. The number of carbonyl (C=O) groups excluding carboxylic acids is 3. The van der Waals surface area contributed by atoms with Gasteiger partial charge in [0, 0.05) is 20.3 Å². The van der Waals surface area contributed by atoms with E-state index < -0.39 is 29.4 Å². The zero-order valence-corrected chi connectivity index (χ0v) is 11.7. The molecule has 1 aliphatic rings. The molecule has 0 N–H and O–H groups in total. The van der Waals surface area contributed by atoms with Gasteiger partial charge in [0.15, 0.2) is 5.78 Å². The van der Waals surface area contributed by atoms with Crippen LogP contribution in [-0.2, 0) is 30.3 Å². The minimum atomic E-state index is -1.53. The van der Waals surface area contributed by atoms with Crippen LogP contribution in [0.5, 0.6) is 0 Å². The van der Waals surface area contributed by atoms with Gasteiger partial charge in [-0.25, -0.2) is 4.39 Å². The maximum Gasteiger partial charge on any atom is 0.331 e. The highest BCUT2D eigenvalue weighted by atomic mass is 19.1. The van der Waals surface area contributed by atoms with E-state index in [0.29, 0.717) is 6.42 Å². The van der Waals surface area contributed by atoms with Crippen molar-refractivity contribution in [2.24, 2.45) is 5.92 Å². The highest BCUT2D eigenvalue weighted by Gasteiger charge is 2.46. The lowest BCUT2D eigenvalue weighted by Crippen LogP contribution is -2.49. The molecule has 1 saturated heterocycles. The molecule has 6 heteroatoms. The molecule has 0 aliphatic carbocycles. The number of hydrogen-bond acceptors (Lipinski definition) is 5. The van der Waals surface area contributed by atoms with Crippen molar-refractivity contribution >= 4 is 17.7 Å². The van der Waals surface area contributed by atoms with Crippen molar-refractivity contribution in [3.63, 3.8) is 0 Å². The second-order valence-electron chi connectivity index (χ2n) is 5.27. The molecule has 5 nitrogen and oxygen atoms in total. The quantitative estimate of drug-likeness (QED) is 0.625. The first-order chi connectivity index (χ1) is 9.78. The molecule has 0 spiro atoms. The van der Waals surface area contributed by atoms with Crippen molar-refractivity contribution in [2.45, 2.75) is 32.5 Å². The van der Waals surface area contributed by atoms with E-state index in [1.54, 1.807) is 12.1 Å². The van der Waals surface area contributed by atoms with Crippen molar-refractivity contribution < 1.29 is 28.2 Å². The summed E-state index contributed by atoms with van der Waals surface area (Å²) in [6.45, 7) is 2.84. The molecule has 0 unspecified atom stereocenters. The van der Waals surface area contributed by atoms with Gasteiger partial charge in [-0.05, 0) is 24.1 Å². The maximum atomic E-state index is 12.8. The van der Waals surface area contributed by atoms with Gasteiger partial charge < -0.3 is 9.47 Å². The van der Waals surface area contributed by atoms with E-state index in [0.717, 1.165) is 5.56 Å². The van der Waals surface area contributed by atoms with Crippen LogP contribution in [0.1, 0.15) is 25.8 Å². The van der Waals surface area contributed by atoms with Crippen LogP contribution in [0.4, 0.5) is 4.39 Å². The van der Waals surface area contributed by atoms with Crippen LogP contribution in [0.3, 0.4) is 0 Å². The van der Waals surface area contributed by atoms with Gasteiger partial charge in [-0.3, -0.25) is 14.4 Å². The van der Waals surface area contributed by atoms with Gasteiger partial charge in [0.1, 0.15) is 5.82 Å². The largest absolute Gasteiger partial charge is 0.422 e. The summed E-state index contributed by atoms with van der Waals surface area (Å²) in [5.41, 5.74) is 0.739. The zero-order valence-electron chi connectivity index (χ0n) is 11.7. The van der Waals surface area contributed by atoms with Gasteiger partial charge in [0.25, 0.3) is 5.79 Å². The molecule has 112 valence electrons. The Hall–Kier alpha value is -2.24. The summed E-state index contributed by atoms with van der Waals surface area (Å²) in [6.07, 6.45) is 0.278. The summed E-state index contributed by atoms with van der Waals surface area (Å²) >= 11 is 0. The molecule has 0 radical (unpaired) electrons. The molecule has 0 aromatic heterocycles. The number of cyclic esters (lactones) is 2. The van der Waals surface area contributed by atoms with E-state index in [2.05, 4.69) is 0 Å². The third kappa shape index (κ3) is 3.65. The standard InChI is InChI=1S/C15H15FO5/c1-15(2)20-13(18)12(14(19)21-15)11(17)8-5-9-3-6-10(16)7-4-9/h3-4,6-7,12H,5,8H2,1-2H3. The highest BCUT2D eigenvalue weighted by molar-refractivity contribution is 6.15. The van der Waals surface area contributed by atoms with E-state index in [1.807, 2.05) is 0 Å². The van der Waals surface area contributed by atoms with E-state index in [-0.39, 0.29) is 12.2 Å². The van der Waals surface area contributed by atoms with Crippen LogP contribution >= 0.6 is 0 Å². The molecule has 0 atom stereocenters. The molecule has 2 rings (SSSR count). The average Bonchev–Trinajstić information content (AvgIpc) is 2.35. The molecular formula is C15H15FO5. The van der Waals surface area contributed by atoms with Crippen molar-refractivity contribution in [1.82, 2.24) is 0 Å². The fourth-order valence-corrected chi connectivity index (χ4v) is 2.05. The van der Waals surface area contributed by atoms with Crippen molar-refractivity contribution in [3.05, 3.63) is 35.6 Å². The number of esters is 2. The smallest absolute Gasteiger partial charge is 0.331 e. The van der Waals surface area contributed by atoms with Gasteiger partial charge in [-0.15, -0.1) is 0 Å². The van der Waals surface area contributed by atoms with Gasteiger partial charge in [-0.2, -0.15) is 0 Å². The molecular weight excluding hydrogens is 279 g/mol. The van der Waals surface area contributed by atoms with Crippen LogP contribution in [0.25, 0.3) is 0 Å². The van der Waals surface area contributed by atoms with Crippen LogP contribution in [0.2, 0.25) is 0 Å². The fraction of sp³-hybridized carbons (Fsp3) is 0.400. The van der Waals surface area contributed by atoms with Gasteiger partial charge >= 0.3 is 11.9 Å². The highest BCUT2D eigenvalue weighted by Crippen LogP contribution is 2.24. The number of hydrogen-bond donors (Lipinski definition) is 0. The molecule has 21 heavy (non-hydrogen) atoms. The molecule has 0 amide bonds. The van der Waals surface area contributed by atoms with Gasteiger partial charge in [0.05, 0.1) is 0 Å². The van der Waals surface area contributed by atoms with E-state index in [1.165, 1.54) is 26.0 Å². The molecule has 1 aromatic carbocycles. The van der Waals surface area contributed by atoms with Crippen LogP contribution in [0.15, 0.2) is 24.3 Å². The van der Waals surface area contributed by atoms with Crippen LogP contribution in [0, 0.1) is 11.7 Å². The fourth-order valence-electron chi connectivity index (χ4n) is 2.05. The number of carbonyl (C=O) groups is 3. The summed E-state index contributed by atoms with van der Waals surface area (Å²) in [7, 11) is 0. The number of ketones is 1. The summed E-state index contributed by atoms with van der Waals surface area (Å²) in [5.74, 6) is -5.59. The van der Waals surface area contributed by atoms with Gasteiger partial charge in [-0.1, -0.05) is 12.1 Å². The molecule has 0 saturated carbocycles. The van der Waals surface area contributed by atoms with E-state index in [9.17, 15) is 18.8 Å². The first-order valence-corrected chi connectivity index (χ1v) is 6.51. The summed E-state index contributed by atoms with van der Waals surface area (Å²) < 4.78 is 22.5. The monoisotopic (exact) mass is 294 g/mol. The normalized spacial score (nSPS) is 18.0. The Labute approximate surface area is 121 Å². The summed E-state index contributed by atoms with van der Waals surface area (Å²) in [6, 6.07) is 5.66. The molecule has 1 heterocycles. The first kappa shape index (κ1) is 15.2. The Bertz CT molecular complexity index is 556. The predicted octanol–water partition coefficient (Wildman–Crippen LogP) is 1.78. The number of aryl methyl sites for hydroxylation is 1. The molecule has 1 aromatic rings. The van der Waals surface area contributed by atoms with Crippen LogP contribution in [-0.4, -0.2) is 23.5 Å². The van der Waals surface area contributed by atoms with E-state index >= 15 is 0 Å². The minimum Gasteiger partial charge on any atom is -0.422 e. The first-order valence-electron chi connectivity index (χ1n) is 6.51. The van der Waals surface area contributed by atoms with E-state index in [4.69, 9.17) is 9.47 Å². The number of ether oxygens (including phenoxy) is 2. The number of halogens is 1. The summed E-state index contributed by atoms with van der Waals surface area (Å²) in [5, 5.41) is 0. The lowest BCUT2D eigenvalue weighted by molar-refractivity contribution is -0.238. The number of benzene rings is 1.